The fourth-order valence-electron chi connectivity index (χ4n) is 4.24. The highest BCUT2D eigenvalue weighted by Crippen LogP contribution is 2.30. The van der Waals surface area contributed by atoms with E-state index < -0.39 is 28.5 Å². The van der Waals surface area contributed by atoms with Crippen LogP contribution >= 0.6 is 11.6 Å². The van der Waals surface area contributed by atoms with Gasteiger partial charge >= 0.3 is 0 Å². The van der Waals surface area contributed by atoms with Crippen molar-refractivity contribution in [3.05, 3.63) is 94.5 Å². The van der Waals surface area contributed by atoms with Crippen LogP contribution in [0.1, 0.15) is 43.9 Å². The summed E-state index contributed by atoms with van der Waals surface area (Å²) in [6.07, 6.45) is 1.25. The second kappa shape index (κ2) is 13.8. The number of hydrogen-bond donors (Lipinski definition) is 1. The highest BCUT2D eigenvalue weighted by Gasteiger charge is 2.33. The first kappa shape index (κ1) is 31.2. The number of hydrogen-bond acceptors (Lipinski definition) is 4. The Morgan fingerprint density at radius 2 is 1.60 bits per heavy atom. The number of anilines is 1. The first-order chi connectivity index (χ1) is 18.9. The van der Waals surface area contributed by atoms with Gasteiger partial charge < -0.3 is 10.2 Å². The Morgan fingerprint density at radius 1 is 0.950 bits per heavy atom. The molecule has 3 aromatic rings. The van der Waals surface area contributed by atoms with Gasteiger partial charge in [-0.1, -0.05) is 72.6 Å². The molecule has 0 aliphatic rings. The molecule has 0 saturated heterocycles. The van der Waals surface area contributed by atoms with Gasteiger partial charge in [0.05, 0.1) is 10.6 Å². The predicted octanol–water partition coefficient (Wildman–Crippen LogP) is 5.53. The van der Waals surface area contributed by atoms with E-state index in [4.69, 9.17) is 11.6 Å². The van der Waals surface area contributed by atoms with E-state index in [0.717, 1.165) is 21.9 Å². The fourth-order valence-corrected chi connectivity index (χ4v) is 5.87. The zero-order valence-corrected chi connectivity index (χ0v) is 25.3. The number of sulfonamides is 1. The van der Waals surface area contributed by atoms with Crippen molar-refractivity contribution >= 4 is 39.1 Å². The summed E-state index contributed by atoms with van der Waals surface area (Å²) in [6.45, 7) is 8.92. The summed E-state index contributed by atoms with van der Waals surface area (Å²) in [5.74, 6) is -0.777. The van der Waals surface area contributed by atoms with E-state index in [0.29, 0.717) is 22.7 Å². The average molecular weight is 584 g/mol. The van der Waals surface area contributed by atoms with E-state index in [2.05, 4.69) is 5.32 Å². The third-order valence-electron chi connectivity index (χ3n) is 6.98. The molecule has 0 fully saturated rings. The van der Waals surface area contributed by atoms with Crippen LogP contribution in [0.3, 0.4) is 0 Å². The number of halogens is 1. The number of rotatable bonds is 12. The van der Waals surface area contributed by atoms with Gasteiger partial charge in [-0.15, -0.1) is 0 Å². The minimum atomic E-state index is -4.15. The second-order valence-corrected chi connectivity index (χ2v) is 12.4. The van der Waals surface area contributed by atoms with Crippen LogP contribution in [0.2, 0.25) is 5.02 Å². The van der Waals surface area contributed by atoms with Crippen molar-refractivity contribution in [3.8, 4) is 0 Å². The normalized spacial score (nSPS) is 12.8. The third-order valence-corrected chi connectivity index (χ3v) is 8.99. The number of aryl methyl sites for hydroxylation is 2. The summed E-state index contributed by atoms with van der Waals surface area (Å²) in [4.78, 5) is 28.6. The molecule has 3 rings (SSSR count). The van der Waals surface area contributed by atoms with E-state index in [9.17, 15) is 18.0 Å². The number of nitrogens with one attached hydrogen (secondary N) is 1. The Bertz CT molecular complexity index is 1410. The van der Waals surface area contributed by atoms with Crippen molar-refractivity contribution in [3.63, 3.8) is 0 Å². The maximum Gasteiger partial charge on any atom is 0.264 e. The van der Waals surface area contributed by atoms with Gasteiger partial charge in [-0.2, -0.15) is 0 Å². The monoisotopic (exact) mass is 583 g/mol. The molecule has 0 aliphatic carbocycles. The third kappa shape index (κ3) is 7.86. The summed E-state index contributed by atoms with van der Waals surface area (Å²) < 4.78 is 29.0. The molecule has 9 heteroatoms. The Morgan fingerprint density at radius 3 is 2.23 bits per heavy atom. The molecular formula is C31H38ClN3O4S. The van der Waals surface area contributed by atoms with Gasteiger partial charge in [0, 0.05) is 17.6 Å². The predicted molar refractivity (Wildman–Crippen MR) is 161 cm³/mol. The van der Waals surface area contributed by atoms with Crippen molar-refractivity contribution in [2.45, 2.75) is 64.4 Å². The molecule has 7 nitrogen and oxygen atoms in total. The molecule has 1 N–H and O–H groups in total. The van der Waals surface area contributed by atoms with Crippen LogP contribution in [-0.4, -0.2) is 50.3 Å². The van der Waals surface area contributed by atoms with E-state index >= 15 is 0 Å². The van der Waals surface area contributed by atoms with Crippen molar-refractivity contribution < 1.29 is 18.0 Å². The van der Waals surface area contributed by atoms with Gasteiger partial charge in [0.2, 0.25) is 11.8 Å². The summed E-state index contributed by atoms with van der Waals surface area (Å²) in [6, 6.07) is 20.2. The molecular weight excluding hydrogens is 546 g/mol. The molecule has 0 aliphatic heterocycles. The number of amides is 2. The van der Waals surface area contributed by atoms with E-state index in [-0.39, 0.29) is 23.4 Å². The molecule has 2 amide bonds. The number of carbonyl (C=O) groups excluding carboxylic acids is 2. The average Bonchev–Trinajstić information content (AvgIpc) is 2.93. The topological polar surface area (TPSA) is 86.8 Å². The van der Waals surface area contributed by atoms with Crippen molar-refractivity contribution in [2.24, 2.45) is 0 Å². The summed E-state index contributed by atoms with van der Waals surface area (Å²) in [7, 11) is -4.15. The lowest BCUT2D eigenvalue weighted by Crippen LogP contribution is -2.53. The minimum Gasteiger partial charge on any atom is -0.352 e. The number of carbonyl (C=O) groups is 2. The summed E-state index contributed by atoms with van der Waals surface area (Å²) in [5.41, 5.74) is 2.87. The molecule has 3 aromatic carbocycles. The Labute approximate surface area is 243 Å². The molecule has 0 heterocycles. The quantitative estimate of drug-likeness (QED) is 0.304. The molecule has 40 heavy (non-hydrogen) atoms. The lowest BCUT2D eigenvalue weighted by atomic mass is 10.1. The van der Waals surface area contributed by atoms with Crippen LogP contribution in [-0.2, 0) is 26.0 Å². The minimum absolute atomic E-state index is 0.0590. The zero-order chi connectivity index (χ0) is 29.4. The van der Waals surface area contributed by atoms with Crippen LogP contribution < -0.4 is 9.62 Å². The molecule has 0 saturated carbocycles. The van der Waals surface area contributed by atoms with Gasteiger partial charge in [0.25, 0.3) is 10.0 Å². The lowest BCUT2D eigenvalue weighted by molar-refractivity contribution is -0.139. The smallest absolute Gasteiger partial charge is 0.264 e. The molecule has 0 spiro atoms. The largest absolute Gasteiger partial charge is 0.352 e. The van der Waals surface area contributed by atoms with Crippen LogP contribution in [0.4, 0.5) is 5.69 Å². The highest BCUT2D eigenvalue weighted by molar-refractivity contribution is 7.92. The molecule has 0 bridgehead atoms. The first-order valence-electron chi connectivity index (χ1n) is 13.4. The maximum absolute atomic E-state index is 14.0. The Balaban J connectivity index is 2.01. The molecule has 0 radical (unpaired) electrons. The van der Waals surface area contributed by atoms with Crippen LogP contribution in [0.15, 0.2) is 77.7 Å². The van der Waals surface area contributed by atoms with Crippen molar-refractivity contribution in [2.75, 3.05) is 17.4 Å². The standard InChI is InChI=1S/C31H38ClN3O4S/c1-6-24(4)33-31(37)25(5)34(19-18-26-10-8-7-9-11-26)30(36)21-35(29-20-27(32)15-14-23(29)3)40(38,39)28-16-12-22(2)13-17-28/h7-17,20,24-25H,6,18-19,21H2,1-5H3,(H,33,37). The first-order valence-corrected chi connectivity index (χ1v) is 15.2. The fraction of sp³-hybridized carbons (Fsp3) is 0.355. The van der Waals surface area contributed by atoms with Gasteiger partial charge in [-0.05, 0) is 75.9 Å². The van der Waals surface area contributed by atoms with E-state index in [1.807, 2.05) is 51.1 Å². The van der Waals surface area contributed by atoms with Gasteiger partial charge in [-0.3, -0.25) is 13.9 Å². The Hall–Kier alpha value is -3.36. The van der Waals surface area contributed by atoms with Crippen molar-refractivity contribution in [1.29, 1.82) is 0 Å². The summed E-state index contributed by atoms with van der Waals surface area (Å²) in [5, 5.41) is 3.29. The molecule has 214 valence electrons. The number of benzene rings is 3. The lowest BCUT2D eigenvalue weighted by Gasteiger charge is -2.33. The van der Waals surface area contributed by atoms with Crippen LogP contribution in [0, 0.1) is 13.8 Å². The molecule has 2 atom stereocenters. The summed E-state index contributed by atoms with van der Waals surface area (Å²) >= 11 is 6.28. The molecule has 2 unspecified atom stereocenters. The van der Waals surface area contributed by atoms with Crippen LogP contribution in [0.25, 0.3) is 0 Å². The van der Waals surface area contributed by atoms with Gasteiger partial charge in [0.1, 0.15) is 12.6 Å². The second-order valence-electron chi connectivity index (χ2n) is 10.1. The SMILES string of the molecule is CCC(C)NC(=O)C(C)N(CCc1ccccc1)C(=O)CN(c1cc(Cl)ccc1C)S(=O)(=O)c1ccc(C)cc1. The number of nitrogens with zero attached hydrogens (tertiary/aromatic N) is 2. The van der Waals surface area contributed by atoms with Crippen LogP contribution in [0.5, 0.6) is 0 Å². The Kier molecular flexibility index (Phi) is 10.8. The van der Waals surface area contributed by atoms with Gasteiger partial charge in [0.15, 0.2) is 0 Å². The zero-order valence-electron chi connectivity index (χ0n) is 23.7. The van der Waals surface area contributed by atoms with Crippen molar-refractivity contribution in [1.82, 2.24) is 10.2 Å². The van der Waals surface area contributed by atoms with E-state index in [1.165, 1.54) is 17.0 Å². The van der Waals surface area contributed by atoms with E-state index in [1.54, 1.807) is 44.2 Å². The molecule has 0 aromatic heterocycles. The highest BCUT2D eigenvalue weighted by atomic mass is 35.5. The van der Waals surface area contributed by atoms with Gasteiger partial charge in [-0.25, -0.2) is 8.42 Å². The maximum atomic E-state index is 14.0.